The number of esters is 1. The van der Waals surface area contributed by atoms with Gasteiger partial charge in [0.2, 0.25) is 0 Å². The third kappa shape index (κ3) is 3.73. The molecular formula is C24H22N2O5S. The molecule has 0 bridgehead atoms. The third-order valence-electron chi connectivity index (χ3n) is 5.25. The SMILES string of the molecule is COC(=O)C1=C(C)N=c2s/c(=C/c3ccccc3)c(=O)n2[C@H]1c1ccc(OC)c(OC)c1. The first-order valence-corrected chi connectivity index (χ1v) is 10.7. The fraction of sp³-hybridized carbons (Fsp3) is 0.208. The minimum Gasteiger partial charge on any atom is -0.493 e. The molecule has 0 radical (unpaired) electrons. The van der Waals surface area contributed by atoms with E-state index in [0.717, 1.165) is 5.56 Å². The van der Waals surface area contributed by atoms with Crippen molar-refractivity contribution in [2.24, 2.45) is 4.99 Å². The zero-order valence-corrected chi connectivity index (χ0v) is 18.9. The molecule has 0 spiro atoms. The van der Waals surface area contributed by atoms with Crippen molar-refractivity contribution in [1.29, 1.82) is 0 Å². The summed E-state index contributed by atoms with van der Waals surface area (Å²) in [5.74, 6) is 0.506. The molecule has 0 saturated heterocycles. The number of carbonyl (C=O) groups excluding carboxylic acids is 1. The van der Waals surface area contributed by atoms with Crippen LogP contribution in [0.15, 0.2) is 69.6 Å². The number of nitrogens with zero attached hydrogens (tertiary/aromatic N) is 2. The molecule has 4 rings (SSSR count). The molecule has 8 heteroatoms. The van der Waals surface area contributed by atoms with Crippen molar-refractivity contribution in [3.63, 3.8) is 0 Å². The van der Waals surface area contributed by atoms with Gasteiger partial charge in [0.25, 0.3) is 5.56 Å². The van der Waals surface area contributed by atoms with E-state index in [0.29, 0.717) is 37.7 Å². The highest BCUT2D eigenvalue weighted by Gasteiger charge is 2.33. The van der Waals surface area contributed by atoms with E-state index in [4.69, 9.17) is 14.2 Å². The fourth-order valence-corrected chi connectivity index (χ4v) is 4.78. The maximum atomic E-state index is 13.5. The van der Waals surface area contributed by atoms with E-state index < -0.39 is 12.0 Å². The Bertz CT molecular complexity index is 1390. The number of methoxy groups -OCH3 is 3. The van der Waals surface area contributed by atoms with Gasteiger partial charge in [-0.25, -0.2) is 9.79 Å². The Morgan fingerprint density at radius 3 is 2.44 bits per heavy atom. The molecule has 0 aliphatic carbocycles. The molecular weight excluding hydrogens is 428 g/mol. The molecule has 2 aromatic carbocycles. The first-order chi connectivity index (χ1) is 15.5. The van der Waals surface area contributed by atoms with Crippen molar-refractivity contribution in [3.8, 4) is 11.5 Å². The number of rotatable bonds is 5. The maximum absolute atomic E-state index is 13.5. The Hall–Kier alpha value is -3.65. The van der Waals surface area contributed by atoms with Gasteiger partial charge in [-0.3, -0.25) is 9.36 Å². The zero-order valence-electron chi connectivity index (χ0n) is 18.1. The zero-order chi connectivity index (χ0) is 22.8. The van der Waals surface area contributed by atoms with Gasteiger partial charge < -0.3 is 14.2 Å². The molecule has 1 aliphatic rings. The lowest BCUT2D eigenvalue weighted by molar-refractivity contribution is -0.136. The van der Waals surface area contributed by atoms with Crippen molar-refractivity contribution in [2.45, 2.75) is 13.0 Å². The van der Waals surface area contributed by atoms with Crippen LogP contribution in [0.5, 0.6) is 11.5 Å². The molecule has 164 valence electrons. The lowest BCUT2D eigenvalue weighted by Gasteiger charge is -2.25. The van der Waals surface area contributed by atoms with Gasteiger partial charge in [0.1, 0.15) is 0 Å². The number of fused-ring (bicyclic) bond motifs is 1. The number of benzene rings is 2. The quantitative estimate of drug-likeness (QED) is 0.558. The van der Waals surface area contributed by atoms with Crippen LogP contribution in [0.2, 0.25) is 0 Å². The summed E-state index contributed by atoms with van der Waals surface area (Å²) >= 11 is 1.28. The van der Waals surface area contributed by atoms with Gasteiger partial charge in [-0.05, 0) is 36.3 Å². The Kier molecular flexibility index (Phi) is 5.96. The smallest absolute Gasteiger partial charge is 0.338 e. The lowest BCUT2D eigenvalue weighted by atomic mass is 9.95. The van der Waals surface area contributed by atoms with Crippen LogP contribution in [0.3, 0.4) is 0 Å². The largest absolute Gasteiger partial charge is 0.493 e. The highest BCUT2D eigenvalue weighted by atomic mass is 32.1. The molecule has 0 amide bonds. The summed E-state index contributed by atoms with van der Waals surface area (Å²) < 4.78 is 17.9. The third-order valence-corrected chi connectivity index (χ3v) is 6.23. The summed E-state index contributed by atoms with van der Waals surface area (Å²) in [5.41, 5.74) is 2.17. The first-order valence-electron chi connectivity index (χ1n) is 9.86. The van der Waals surface area contributed by atoms with Crippen LogP contribution in [-0.4, -0.2) is 31.9 Å². The van der Waals surface area contributed by atoms with E-state index in [1.165, 1.54) is 25.6 Å². The summed E-state index contributed by atoms with van der Waals surface area (Å²) in [6.07, 6.45) is 1.83. The Balaban J connectivity index is 1.99. The number of aromatic nitrogens is 1. The van der Waals surface area contributed by atoms with E-state index in [1.807, 2.05) is 42.5 Å². The monoisotopic (exact) mass is 450 g/mol. The molecule has 3 aromatic rings. The molecule has 0 unspecified atom stereocenters. The summed E-state index contributed by atoms with van der Waals surface area (Å²) in [6.45, 7) is 1.74. The van der Waals surface area contributed by atoms with Gasteiger partial charge in [-0.15, -0.1) is 0 Å². The molecule has 0 fully saturated rings. The normalized spacial score (nSPS) is 15.8. The predicted octanol–water partition coefficient (Wildman–Crippen LogP) is 2.43. The predicted molar refractivity (Wildman–Crippen MR) is 122 cm³/mol. The number of ether oxygens (including phenoxy) is 3. The number of hydrogen-bond acceptors (Lipinski definition) is 7. The molecule has 32 heavy (non-hydrogen) atoms. The lowest BCUT2D eigenvalue weighted by Crippen LogP contribution is -2.39. The molecule has 1 aliphatic heterocycles. The van der Waals surface area contributed by atoms with Gasteiger partial charge in [0.15, 0.2) is 16.3 Å². The Morgan fingerprint density at radius 1 is 1.06 bits per heavy atom. The van der Waals surface area contributed by atoms with Crippen LogP contribution in [0.1, 0.15) is 24.1 Å². The van der Waals surface area contributed by atoms with E-state index in [1.54, 1.807) is 30.7 Å². The Labute approximate surface area is 188 Å². The summed E-state index contributed by atoms with van der Waals surface area (Å²) in [5, 5.41) is 0. The summed E-state index contributed by atoms with van der Waals surface area (Å²) in [6, 6.07) is 14.2. The molecule has 2 heterocycles. The van der Waals surface area contributed by atoms with Crippen molar-refractivity contribution in [3.05, 3.63) is 90.6 Å². The number of allylic oxidation sites excluding steroid dienone is 1. The second-order valence-corrected chi connectivity index (χ2v) is 8.11. The standard InChI is InChI=1S/C24H22N2O5S/c1-14-20(23(28)31-4)21(16-10-11-17(29-2)18(13-16)30-3)26-22(27)19(32-24(26)25-14)12-15-8-6-5-7-9-15/h5-13,21H,1-4H3/b19-12+/t21-/m0/s1. The highest BCUT2D eigenvalue weighted by molar-refractivity contribution is 7.07. The van der Waals surface area contributed by atoms with Crippen molar-refractivity contribution in [2.75, 3.05) is 21.3 Å². The topological polar surface area (TPSA) is 79.1 Å². The minimum atomic E-state index is -0.712. The van der Waals surface area contributed by atoms with Crippen LogP contribution in [0.25, 0.3) is 6.08 Å². The van der Waals surface area contributed by atoms with Gasteiger partial charge in [-0.2, -0.15) is 0 Å². The van der Waals surface area contributed by atoms with Crippen molar-refractivity contribution < 1.29 is 19.0 Å². The summed E-state index contributed by atoms with van der Waals surface area (Å²) in [4.78, 5) is 31.3. The fourth-order valence-electron chi connectivity index (χ4n) is 3.73. The van der Waals surface area contributed by atoms with Crippen molar-refractivity contribution in [1.82, 2.24) is 4.57 Å². The van der Waals surface area contributed by atoms with E-state index in [2.05, 4.69) is 4.99 Å². The number of hydrogen-bond donors (Lipinski definition) is 0. The number of carbonyl (C=O) groups is 1. The van der Waals surface area contributed by atoms with E-state index in [-0.39, 0.29) is 5.56 Å². The molecule has 7 nitrogen and oxygen atoms in total. The number of thiazole rings is 1. The maximum Gasteiger partial charge on any atom is 0.338 e. The average molecular weight is 451 g/mol. The molecule has 1 atom stereocenters. The van der Waals surface area contributed by atoms with Gasteiger partial charge in [-0.1, -0.05) is 47.7 Å². The minimum absolute atomic E-state index is 0.230. The van der Waals surface area contributed by atoms with Crippen molar-refractivity contribution >= 4 is 23.4 Å². The average Bonchev–Trinajstić information content (AvgIpc) is 3.12. The highest BCUT2D eigenvalue weighted by Crippen LogP contribution is 2.35. The first kappa shape index (κ1) is 21.6. The van der Waals surface area contributed by atoms with Crippen LogP contribution >= 0.6 is 11.3 Å². The van der Waals surface area contributed by atoms with Crippen LogP contribution in [-0.2, 0) is 9.53 Å². The van der Waals surface area contributed by atoms with Gasteiger partial charge in [0, 0.05) is 0 Å². The van der Waals surface area contributed by atoms with Gasteiger partial charge >= 0.3 is 5.97 Å². The summed E-state index contributed by atoms with van der Waals surface area (Å²) in [7, 11) is 4.40. The van der Waals surface area contributed by atoms with Crippen LogP contribution < -0.4 is 24.4 Å². The molecule has 0 N–H and O–H groups in total. The second kappa shape index (κ2) is 8.84. The van der Waals surface area contributed by atoms with Crippen LogP contribution in [0, 0.1) is 0 Å². The van der Waals surface area contributed by atoms with Gasteiger partial charge in [0.05, 0.1) is 43.2 Å². The van der Waals surface area contributed by atoms with E-state index in [9.17, 15) is 9.59 Å². The van der Waals surface area contributed by atoms with Crippen LogP contribution in [0.4, 0.5) is 0 Å². The van der Waals surface area contributed by atoms with E-state index >= 15 is 0 Å². The second-order valence-electron chi connectivity index (χ2n) is 7.10. The molecule has 0 saturated carbocycles. The molecule has 1 aromatic heterocycles. The Morgan fingerprint density at radius 2 is 1.78 bits per heavy atom.